The second-order valence-electron chi connectivity index (χ2n) is 15.0. The van der Waals surface area contributed by atoms with Gasteiger partial charge in [0, 0.05) is 23.4 Å². The lowest BCUT2D eigenvalue weighted by Gasteiger charge is -2.21. The van der Waals surface area contributed by atoms with Crippen LogP contribution < -0.4 is 25.4 Å². The molecule has 3 N–H and O–H groups in total. The average molecular weight is 858 g/mol. The van der Waals surface area contributed by atoms with Crippen molar-refractivity contribution >= 4 is 64.6 Å². The fourth-order valence-electron chi connectivity index (χ4n) is 6.63. The molecule has 12 heteroatoms. The average Bonchev–Trinajstić information content (AvgIpc) is 3.24. The zero-order chi connectivity index (χ0) is 42.5. The van der Waals surface area contributed by atoms with Gasteiger partial charge in [-0.1, -0.05) is 117 Å². The van der Waals surface area contributed by atoms with Crippen LogP contribution in [0.2, 0.25) is 0 Å². The maximum Gasteiger partial charge on any atom is 0.407 e. The predicted octanol–water partition coefficient (Wildman–Crippen LogP) is 10.1. The van der Waals surface area contributed by atoms with E-state index < -0.39 is 42.1 Å². The summed E-state index contributed by atoms with van der Waals surface area (Å²) in [5, 5.41) is 12.2. The van der Waals surface area contributed by atoms with Crippen molar-refractivity contribution in [2.45, 2.75) is 59.3 Å². The molecule has 6 aromatic carbocycles. The summed E-state index contributed by atoms with van der Waals surface area (Å²) in [7, 11) is 0. The number of carbonyl (C=O) groups is 4. The number of carbonyl (C=O) groups excluding carboxylic acids is 4. The van der Waals surface area contributed by atoms with Gasteiger partial charge in [-0.2, -0.15) is 13.5 Å². The largest absolute Gasteiger partial charge is 0.489 e. The Hall–Kier alpha value is -6.79. The first kappa shape index (κ1) is 47.9. The van der Waals surface area contributed by atoms with Crippen LogP contribution in [0.5, 0.6) is 11.5 Å². The third-order valence-corrected chi connectivity index (χ3v) is 9.32. The van der Waals surface area contributed by atoms with Gasteiger partial charge >= 0.3 is 12.1 Å². The van der Waals surface area contributed by atoms with Crippen LogP contribution in [-0.2, 0) is 25.7 Å². The van der Waals surface area contributed by atoms with Crippen molar-refractivity contribution in [1.82, 2.24) is 10.6 Å². The Labute approximate surface area is 370 Å². The number of benzene rings is 6. The lowest BCUT2D eigenvalue weighted by atomic mass is 9.92. The molecule has 0 fully saturated rings. The predicted molar refractivity (Wildman–Crippen MR) is 251 cm³/mol. The van der Waals surface area contributed by atoms with Crippen molar-refractivity contribution in [3.05, 3.63) is 151 Å². The molecule has 11 nitrogen and oxygen atoms in total. The van der Waals surface area contributed by atoms with Crippen LogP contribution in [-0.4, -0.2) is 55.3 Å². The highest BCUT2D eigenvalue weighted by atomic mass is 32.1. The number of anilines is 1. The molecule has 6 aromatic rings. The van der Waals surface area contributed by atoms with Crippen LogP contribution in [0.25, 0.3) is 32.7 Å². The van der Waals surface area contributed by atoms with Crippen molar-refractivity contribution in [3.8, 4) is 22.6 Å². The first-order chi connectivity index (χ1) is 29.0. The standard InChI is InChI=1S/C49H49N3O8.CH4.H2S/c1-5-29-57-41-26-24-34-17-9-11-21-38(34)44(41)45-39-22-12-10-18-35(39)25-27-42(45)58-32-43(53)52-40(23-14-28-50-48(56)60-49(2,3)4)46(54)51-37-20-13-19-36(30-37)47(55)59-31-33-15-7-6-8-16-33;;/h5-13,15-22,24-27,30,40H,1,14,23,28-29,31-32H2,2-4H3,(H,50,56)(H,51,54)(H,52,53);1H4;1H2/t40-;;/m1../s1. The van der Waals surface area contributed by atoms with E-state index in [1.54, 1.807) is 45.0 Å². The Kier molecular flexibility index (Phi) is 17.5. The number of rotatable bonds is 17. The highest BCUT2D eigenvalue weighted by Gasteiger charge is 2.24. The fraction of sp³-hybridized carbons (Fsp3) is 0.240. The van der Waals surface area contributed by atoms with Gasteiger partial charge in [0.15, 0.2) is 6.61 Å². The molecule has 0 saturated heterocycles. The van der Waals surface area contributed by atoms with Crippen LogP contribution in [0, 0.1) is 0 Å². The molecular weight excluding hydrogens is 803 g/mol. The normalized spacial score (nSPS) is 11.2. The van der Waals surface area contributed by atoms with E-state index in [9.17, 15) is 19.2 Å². The zero-order valence-corrected chi connectivity index (χ0v) is 35.5. The van der Waals surface area contributed by atoms with Crippen LogP contribution in [0.1, 0.15) is 57.0 Å². The SMILES string of the molecule is C.C=CCOc1ccc2ccccc2c1-c1c(OCC(=O)N[C@H](CCCNC(=O)OC(C)(C)C)C(=O)Nc2cccc(C(=O)OCc3ccccc3)c2)ccc2ccccc12.S. The number of hydrogen-bond donors (Lipinski definition) is 3. The minimum atomic E-state index is -1.04. The molecule has 3 amide bonds. The van der Waals surface area contributed by atoms with Gasteiger partial charge in [0.05, 0.1) is 5.56 Å². The lowest BCUT2D eigenvalue weighted by Crippen LogP contribution is -2.46. The first-order valence-corrected chi connectivity index (χ1v) is 19.8. The number of hydrogen-bond acceptors (Lipinski definition) is 8. The number of alkyl carbamates (subject to hydrolysis) is 1. The van der Waals surface area contributed by atoms with Gasteiger partial charge < -0.3 is 34.9 Å². The van der Waals surface area contributed by atoms with Crippen molar-refractivity contribution in [3.63, 3.8) is 0 Å². The highest BCUT2D eigenvalue weighted by molar-refractivity contribution is 7.59. The fourth-order valence-corrected chi connectivity index (χ4v) is 6.63. The van der Waals surface area contributed by atoms with Crippen LogP contribution >= 0.6 is 13.5 Å². The van der Waals surface area contributed by atoms with E-state index in [4.69, 9.17) is 18.9 Å². The van der Waals surface area contributed by atoms with E-state index in [-0.39, 0.29) is 52.7 Å². The minimum Gasteiger partial charge on any atom is -0.489 e. The second kappa shape index (κ2) is 22.7. The number of fused-ring (bicyclic) bond motifs is 2. The molecule has 1 atom stereocenters. The van der Waals surface area contributed by atoms with E-state index >= 15 is 0 Å². The van der Waals surface area contributed by atoms with Crippen molar-refractivity contribution in [1.29, 1.82) is 0 Å². The maximum atomic E-state index is 13.8. The molecule has 0 radical (unpaired) electrons. The van der Waals surface area contributed by atoms with Gasteiger partial charge in [-0.05, 0) is 91.1 Å². The highest BCUT2D eigenvalue weighted by Crippen LogP contribution is 2.45. The lowest BCUT2D eigenvalue weighted by molar-refractivity contribution is -0.128. The Morgan fingerprint density at radius 3 is 1.98 bits per heavy atom. The van der Waals surface area contributed by atoms with E-state index in [2.05, 4.69) is 22.5 Å². The van der Waals surface area contributed by atoms with E-state index in [1.165, 1.54) is 6.07 Å². The monoisotopic (exact) mass is 857 g/mol. The number of amides is 3. The molecule has 6 rings (SSSR count). The molecule has 0 aliphatic rings. The van der Waals surface area contributed by atoms with Crippen molar-refractivity contribution < 1.29 is 38.1 Å². The van der Waals surface area contributed by atoms with Gasteiger partial charge in [0.1, 0.15) is 36.4 Å². The molecule has 0 unspecified atom stereocenters. The topological polar surface area (TPSA) is 141 Å². The van der Waals surface area contributed by atoms with Gasteiger partial charge in [-0.15, -0.1) is 0 Å². The number of esters is 1. The van der Waals surface area contributed by atoms with Gasteiger partial charge in [-0.25, -0.2) is 9.59 Å². The summed E-state index contributed by atoms with van der Waals surface area (Å²) in [5.74, 6) is -0.553. The summed E-state index contributed by atoms with van der Waals surface area (Å²) in [6.07, 6.45) is 1.58. The Morgan fingerprint density at radius 1 is 0.742 bits per heavy atom. The van der Waals surface area contributed by atoms with Gasteiger partial charge in [0.25, 0.3) is 5.91 Å². The van der Waals surface area contributed by atoms with Crippen LogP contribution in [0.15, 0.2) is 140 Å². The molecular formula is C50H55N3O8S. The third-order valence-electron chi connectivity index (χ3n) is 9.32. The first-order valence-electron chi connectivity index (χ1n) is 19.8. The smallest absolute Gasteiger partial charge is 0.407 e. The number of nitrogens with one attached hydrogen (secondary N) is 3. The molecule has 324 valence electrons. The van der Waals surface area contributed by atoms with E-state index in [1.807, 2.05) is 103 Å². The molecule has 0 bridgehead atoms. The van der Waals surface area contributed by atoms with Crippen molar-refractivity contribution in [2.24, 2.45) is 0 Å². The molecule has 0 aliphatic carbocycles. The van der Waals surface area contributed by atoms with Gasteiger partial charge in [0.2, 0.25) is 5.91 Å². The second-order valence-corrected chi connectivity index (χ2v) is 15.0. The minimum absolute atomic E-state index is 0. The van der Waals surface area contributed by atoms with Gasteiger partial charge in [-0.3, -0.25) is 9.59 Å². The van der Waals surface area contributed by atoms with E-state index in [0.717, 1.165) is 38.2 Å². The summed E-state index contributed by atoms with van der Waals surface area (Å²) >= 11 is 0. The van der Waals surface area contributed by atoms with E-state index in [0.29, 0.717) is 23.6 Å². The molecule has 62 heavy (non-hydrogen) atoms. The third kappa shape index (κ3) is 13.1. The summed E-state index contributed by atoms with van der Waals surface area (Å²) in [5.41, 5.74) is 2.30. The summed E-state index contributed by atoms with van der Waals surface area (Å²) in [6, 6.07) is 38.2. The Balaban J connectivity index is 0.00000422. The van der Waals surface area contributed by atoms with Crippen molar-refractivity contribution in [2.75, 3.05) is 25.1 Å². The summed E-state index contributed by atoms with van der Waals surface area (Å²) < 4.78 is 23.3. The molecule has 0 aliphatic heterocycles. The number of ether oxygens (including phenoxy) is 4. The molecule has 0 spiro atoms. The Morgan fingerprint density at radius 2 is 1.35 bits per heavy atom. The maximum absolute atomic E-state index is 13.8. The summed E-state index contributed by atoms with van der Waals surface area (Å²) in [6.45, 7) is 9.27. The van der Waals surface area contributed by atoms with Crippen LogP contribution in [0.3, 0.4) is 0 Å². The molecule has 0 aromatic heterocycles. The molecule has 0 saturated carbocycles. The Bertz CT molecular complexity index is 2480. The summed E-state index contributed by atoms with van der Waals surface area (Å²) in [4.78, 5) is 52.8. The molecule has 0 heterocycles. The zero-order valence-electron chi connectivity index (χ0n) is 34.5. The quantitative estimate of drug-likeness (QED) is 0.0468. The van der Waals surface area contributed by atoms with Crippen LogP contribution in [0.4, 0.5) is 10.5 Å².